The van der Waals surface area contributed by atoms with Gasteiger partial charge in [-0.2, -0.15) is 11.3 Å². The molecule has 0 atom stereocenters. The van der Waals surface area contributed by atoms with Gasteiger partial charge in [0.15, 0.2) is 12.3 Å². The van der Waals surface area contributed by atoms with Gasteiger partial charge in [0.2, 0.25) is 0 Å². The van der Waals surface area contributed by atoms with E-state index in [9.17, 15) is 9.59 Å². The van der Waals surface area contributed by atoms with Crippen LogP contribution in [0.4, 0.5) is 0 Å². The molecular weight excluding hydrogens is 364 g/mol. The predicted octanol–water partition coefficient (Wildman–Crippen LogP) is 3.45. The number of thiazole rings is 1. The molecule has 8 heteroatoms. The SMILES string of the molecule is O=C(COC(=O)c1csc(-c2ccsc2)n1)NCCc1cccs1. The second kappa shape index (κ2) is 8.18. The molecule has 3 heterocycles. The van der Waals surface area contributed by atoms with Crippen LogP contribution < -0.4 is 5.32 Å². The van der Waals surface area contributed by atoms with Crippen molar-refractivity contribution in [3.63, 3.8) is 0 Å². The Labute approximate surface area is 150 Å². The van der Waals surface area contributed by atoms with Crippen molar-refractivity contribution in [2.24, 2.45) is 0 Å². The molecule has 0 aliphatic carbocycles. The molecule has 0 saturated carbocycles. The van der Waals surface area contributed by atoms with Crippen LogP contribution in [-0.2, 0) is 16.0 Å². The molecule has 0 spiro atoms. The van der Waals surface area contributed by atoms with Crippen molar-refractivity contribution in [2.75, 3.05) is 13.2 Å². The van der Waals surface area contributed by atoms with E-state index in [1.165, 1.54) is 16.2 Å². The minimum absolute atomic E-state index is 0.229. The van der Waals surface area contributed by atoms with Crippen molar-refractivity contribution in [1.82, 2.24) is 10.3 Å². The van der Waals surface area contributed by atoms with Crippen LogP contribution in [0.3, 0.4) is 0 Å². The fourth-order valence-electron chi connectivity index (χ4n) is 1.92. The zero-order valence-corrected chi connectivity index (χ0v) is 15.0. The lowest BCUT2D eigenvalue weighted by molar-refractivity contribution is -0.124. The molecule has 1 N–H and O–H groups in total. The summed E-state index contributed by atoms with van der Waals surface area (Å²) in [5, 5.41) is 11.1. The summed E-state index contributed by atoms with van der Waals surface area (Å²) in [7, 11) is 0. The zero-order chi connectivity index (χ0) is 16.8. The summed E-state index contributed by atoms with van der Waals surface area (Å²) in [5.41, 5.74) is 1.21. The summed E-state index contributed by atoms with van der Waals surface area (Å²) in [6.07, 6.45) is 0.771. The highest BCUT2D eigenvalue weighted by molar-refractivity contribution is 7.14. The maximum Gasteiger partial charge on any atom is 0.358 e. The van der Waals surface area contributed by atoms with Crippen LogP contribution in [0.15, 0.2) is 39.7 Å². The number of thiophene rings is 2. The summed E-state index contributed by atoms with van der Waals surface area (Å²) in [6, 6.07) is 5.94. The molecule has 24 heavy (non-hydrogen) atoms. The van der Waals surface area contributed by atoms with Crippen molar-refractivity contribution in [1.29, 1.82) is 0 Å². The number of hydrogen-bond donors (Lipinski definition) is 1. The van der Waals surface area contributed by atoms with Crippen molar-refractivity contribution < 1.29 is 14.3 Å². The Morgan fingerprint density at radius 2 is 2.08 bits per heavy atom. The van der Waals surface area contributed by atoms with Gasteiger partial charge in [0.05, 0.1) is 0 Å². The monoisotopic (exact) mass is 378 g/mol. The van der Waals surface area contributed by atoms with Crippen molar-refractivity contribution in [3.05, 3.63) is 50.3 Å². The zero-order valence-electron chi connectivity index (χ0n) is 12.6. The third-order valence-corrected chi connectivity index (χ3v) is 5.60. The van der Waals surface area contributed by atoms with Gasteiger partial charge >= 0.3 is 5.97 Å². The van der Waals surface area contributed by atoms with E-state index in [1.807, 2.05) is 34.3 Å². The number of ether oxygens (including phenoxy) is 1. The van der Waals surface area contributed by atoms with Crippen molar-refractivity contribution in [2.45, 2.75) is 6.42 Å². The maximum atomic E-state index is 11.9. The van der Waals surface area contributed by atoms with E-state index in [4.69, 9.17) is 4.74 Å². The van der Waals surface area contributed by atoms with Crippen LogP contribution in [0.1, 0.15) is 15.4 Å². The summed E-state index contributed by atoms with van der Waals surface area (Å²) >= 11 is 4.60. The third kappa shape index (κ3) is 4.50. The Kier molecular flexibility index (Phi) is 5.73. The Balaban J connectivity index is 1.42. The minimum atomic E-state index is -0.582. The predicted molar refractivity (Wildman–Crippen MR) is 96.7 cm³/mol. The highest BCUT2D eigenvalue weighted by atomic mass is 32.1. The molecule has 3 rings (SSSR count). The van der Waals surface area contributed by atoms with E-state index in [0.717, 1.165) is 17.0 Å². The fourth-order valence-corrected chi connectivity index (χ4v) is 4.13. The van der Waals surface area contributed by atoms with Crippen LogP contribution in [0.25, 0.3) is 10.6 Å². The number of rotatable bonds is 7. The lowest BCUT2D eigenvalue weighted by atomic mass is 10.3. The summed E-state index contributed by atoms with van der Waals surface area (Å²) in [6.45, 7) is 0.227. The molecule has 0 aliphatic rings. The summed E-state index contributed by atoms with van der Waals surface area (Å²) in [4.78, 5) is 29.1. The normalized spacial score (nSPS) is 10.5. The van der Waals surface area contributed by atoms with Crippen molar-refractivity contribution in [3.8, 4) is 10.6 Å². The smallest absolute Gasteiger partial charge is 0.358 e. The minimum Gasteiger partial charge on any atom is -0.451 e. The van der Waals surface area contributed by atoms with Crippen LogP contribution >= 0.6 is 34.0 Å². The molecule has 0 aromatic carbocycles. The highest BCUT2D eigenvalue weighted by Gasteiger charge is 2.15. The quantitative estimate of drug-likeness (QED) is 0.640. The molecule has 0 saturated heterocycles. The first-order valence-electron chi connectivity index (χ1n) is 7.16. The summed E-state index contributed by atoms with van der Waals surface area (Å²) < 4.78 is 5.01. The number of carbonyl (C=O) groups is 2. The highest BCUT2D eigenvalue weighted by Crippen LogP contribution is 2.25. The number of hydrogen-bond acceptors (Lipinski definition) is 7. The van der Waals surface area contributed by atoms with Gasteiger partial charge in [-0.05, 0) is 29.3 Å². The first kappa shape index (κ1) is 16.8. The molecule has 0 unspecified atom stereocenters. The number of amides is 1. The average Bonchev–Trinajstić information content (AvgIpc) is 3.33. The van der Waals surface area contributed by atoms with Crippen LogP contribution in [0, 0.1) is 0 Å². The fraction of sp³-hybridized carbons (Fsp3) is 0.188. The second-order valence-corrected chi connectivity index (χ2v) is 7.48. The van der Waals surface area contributed by atoms with E-state index >= 15 is 0 Å². The molecule has 0 radical (unpaired) electrons. The van der Waals surface area contributed by atoms with Crippen LogP contribution in [0.2, 0.25) is 0 Å². The Bertz CT molecular complexity index is 795. The van der Waals surface area contributed by atoms with Crippen LogP contribution in [-0.4, -0.2) is 30.0 Å². The molecular formula is C16H14N2O3S3. The lowest BCUT2D eigenvalue weighted by Crippen LogP contribution is -2.30. The number of nitrogens with one attached hydrogen (secondary N) is 1. The van der Waals surface area contributed by atoms with Gasteiger partial charge in [-0.25, -0.2) is 9.78 Å². The largest absolute Gasteiger partial charge is 0.451 e. The Morgan fingerprint density at radius 3 is 2.83 bits per heavy atom. The van der Waals surface area contributed by atoms with Gasteiger partial charge in [0.1, 0.15) is 5.01 Å². The standard InChI is InChI=1S/C16H14N2O3S3/c19-14(17-5-3-12-2-1-6-23-12)8-21-16(20)13-10-24-15(18-13)11-4-7-22-9-11/h1-2,4,6-7,9-10H,3,5,8H2,(H,17,19). The van der Waals surface area contributed by atoms with Gasteiger partial charge in [-0.15, -0.1) is 22.7 Å². The van der Waals surface area contributed by atoms with Gasteiger partial charge in [0.25, 0.3) is 5.91 Å². The van der Waals surface area contributed by atoms with Gasteiger partial charge in [-0.3, -0.25) is 4.79 Å². The average molecular weight is 379 g/mol. The number of nitrogens with zero attached hydrogens (tertiary/aromatic N) is 1. The first-order chi connectivity index (χ1) is 11.7. The van der Waals surface area contributed by atoms with Crippen LogP contribution in [0.5, 0.6) is 0 Å². The molecule has 0 aliphatic heterocycles. The van der Waals surface area contributed by atoms with E-state index in [2.05, 4.69) is 10.3 Å². The topological polar surface area (TPSA) is 68.3 Å². The number of esters is 1. The molecule has 124 valence electrons. The first-order valence-corrected chi connectivity index (χ1v) is 9.87. The second-order valence-electron chi connectivity index (χ2n) is 4.81. The van der Waals surface area contributed by atoms with E-state index < -0.39 is 5.97 Å². The van der Waals surface area contributed by atoms with Gasteiger partial charge < -0.3 is 10.1 Å². The Hall–Kier alpha value is -2.03. The van der Waals surface area contributed by atoms with Gasteiger partial charge in [0, 0.05) is 27.7 Å². The maximum absolute atomic E-state index is 11.9. The molecule has 0 bridgehead atoms. The van der Waals surface area contributed by atoms with E-state index in [0.29, 0.717) is 6.54 Å². The van der Waals surface area contributed by atoms with Crippen molar-refractivity contribution >= 4 is 45.9 Å². The van der Waals surface area contributed by atoms with E-state index in [-0.39, 0.29) is 18.2 Å². The lowest BCUT2D eigenvalue weighted by Gasteiger charge is -2.05. The molecule has 3 aromatic heterocycles. The number of carbonyl (C=O) groups excluding carboxylic acids is 2. The van der Waals surface area contributed by atoms with E-state index in [1.54, 1.807) is 28.1 Å². The molecule has 5 nitrogen and oxygen atoms in total. The third-order valence-electron chi connectivity index (χ3n) is 3.09. The Morgan fingerprint density at radius 1 is 1.17 bits per heavy atom. The molecule has 1 amide bonds. The molecule has 3 aromatic rings. The molecule has 0 fully saturated rings. The number of aromatic nitrogens is 1. The van der Waals surface area contributed by atoms with Gasteiger partial charge in [-0.1, -0.05) is 6.07 Å². The summed E-state index contributed by atoms with van der Waals surface area (Å²) in [5.74, 6) is -0.894.